The molecule has 0 saturated carbocycles. The number of fused-ring (bicyclic) bond motifs is 1. The van der Waals surface area contributed by atoms with Crippen molar-refractivity contribution in [3.05, 3.63) is 56.4 Å². The Labute approximate surface area is 154 Å². The first-order chi connectivity index (χ1) is 11.4. The van der Waals surface area contributed by atoms with Gasteiger partial charge in [-0.2, -0.15) is 0 Å². The van der Waals surface area contributed by atoms with Crippen molar-refractivity contribution >= 4 is 56.2 Å². The molecule has 0 fully saturated rings. The largest absolute Gasteiger partial charge is 0.495 e. The van der Waals surface area contributed by atoms with Crippen LogP contribution in [-0.2, 0) is 0 Å². The summed E-state index contributed by atoms with van der Waals surface area (Å²) in [5.74, 6) is 0.313. The predicted octanol–water partition coefficient (Wildman–Crippen LogP) is 6.09. The number of nitrogens with one attached hydrogen (secondary N) is 1. The standard InChI is InChI=1S/C18H15Cl2NO2S/c1-9-4-5-10(2)12(8-9)21-18(22)17-14(19)11-6-7-13(23-3)15(20)16(11)24-17/h4-8H,1-3H3,(H,21,22). The van der Waals surface area contributed by atoms with Gasteiger partial charge in [0.15, 0.2) is 0 Å². The van der Waals surface area contributed by atoms with Gasteiger partial charge in [0, 0.05) is 11.1 Å². The van der Waals surface area contributed by atoms with E-state index in [9.17, 15) is 4.79 Å². The molecular formula is C18H15Cl2NO2S. The molecule has 0 bridgehead atoms. The third-order valence-corrected chi connectivity index (χ3v) is 5.98. The summed E-state index contributed by atoms with van der Waals surface area (Å²) in [6.45, 7) is 3.93. The van der Waals surface area contributed by atoms with Gasteiger partial charge in [-0.25, -0.2) is 0 Å². The van der Waals surface area contributed by atoms with E-state index in [0.717, 1.165) is 26.9 Å². The molecule has 0 aliphatic carbocycles. The molecule has 124 valence electrons. The molecule has 2 aromatic carbocycles. The zero-order valence-corrected chi connectivity index (χ0v) is 15.7. The van der Waals surface area contributed by atoms with Crippen molar-refractivity contribution in [2.24, 2.45) is 0 Å². The lowest BCUT2D eigenvalue weighted by atomic mass is 10.1. The molecule has 0 aliphatic heterocycles. The van der Waals surface area contributed by atoms with E-state index in [1.54, 1.807) is 13.2 Å². The summed E-state index contributed by atoms with van der Waals surface area (Å²) in [6, 6.07) is 9.47. The summed E-state index contributed by atoms with van der Waals surface area (Å²) >= 11 is 14.0. The number of benzene rings is 2. The highest BCUT2D eigenvalue weighted by Gasteiger charge is 2.20. The van der Waals surface area contributed by atoms with Gasteiger partial charge in [0.2, 0.25) is 0 Å². The summed E-state index contributed by atoms with van der Waals surface area (Å²) < 4.78 is 5.96. The molecule has 6 heteroatoms. The number of carbonyl (C=O) groups excluding carboxylic acids is 1. The van der Waals surface area contributed by atoms with Gasteiger partial charge in [0.05, 0.1) is 16.8 Å². The van der Waals surface area contributed by atoms with Crippen molar-refractivity contribution in [1.29, 1.82) is 0 Å². The number of hydrogen-bond acceptors (Lipinski definition) is 3. The number of thiophene rings is 1. The first-order valence-corrected chi connectivity index (χ1v) is 8.82. The van der Waals surface area contributed by atoms with Gasteiger partial charge in [-0.15, -0.1) is 11.3 Å². The minimum atomic E-state index is -0.245. The number of carbonyl (C=O) groups is 1. The Morgan fingerprint density at radius 2 is 1.88 bits per heavy atom. The molecule has 0 aliphatic rings. The molecule has 24 heavy (non-hydrogen) atoms. The minimum Gasteiger partial charge on any atom is -0.495 e. The first kappa shape index (κ1) is 17.1. The number of amides is 1. The van der Waals surface area contributed by atoms with Crippen molar-refractivity contribution in [3.63, 3.8) is 0 Å². The smallest absolute Gasteiger partial charge is 0.267 e. The van der Waals surface area contributed by atoms with Gasteiger partial charge in [0.1, 0.15) is 15.6 Å². The minimum absolute atomic E-state index is 0.245. The van der Waals surface area contributed by atoms with Crippen molar-refractivity contribution in [3.8, 4) is 5.75 Å². The molecule has 0 saturated heterocycles. The number of halogens is 2. The van der Waals surface area contributed by atoms with Crippen LogP contribution in [0.1, 0.15) is 20.8 Å². The topological polar surface area (TPSA) is 38.3 Å². The van der Waals surface area contributed by atoms with E-state index < -0.39 is 0 Å². The summed E-state index contributed by atoms with van der Waals surface area (Å²) in [4.78, 5) is 13.1. The molecule has 0 unspecified atom stereocenters. The number of anilines is 1. The second-order valence-corrected chi connectivity index (χ2v) is 7.25. The normalized spacial score (nSPS) is 10.9. The molecule has 3 nitrogen and oxygen atoms in total. The van der Waals surface area contributed by atoms with E-state index in [0.29, 0.717) is 20.7 Å². The molecule has 1 aromatic heterocycles. The SMILES string of the molecule is COc1ccc2c(Cl)c(C(=O)Nc3cc(C)ccc3C)sc2c1Cl. The Kier molecular flexibility index (Phi) is 4.72. The fourth-order valence-corrected chi connectivity index (χ4v) is 4.22. The van der Waals surface area contributed by atoms with Crippen LogP contribution in [0.2, 0.25) is 10.0 Å². The van der Waals surface area contributed by atoms with E-state index in [1.165, 1.54) is 11.3 Å². The van der Waals surface area contributed by atoms with Gasteiger partial charge >= 0.3 is 0 Å². The van der Waals surface area contributed by atoms with Gasteiger partial charge in [0.25, 0.3) is 5.91 Å². The molecule has 1 N–H and O–H groups in total. The molecule has 1 heterocycles. The van der Waals surface area contributed by atoms with Crippen LogP contribution in [0.15, 0.2) is 30.3 Å². The van der Waals surface area contributed by atoms with Crippen LogP contribution < -0.4 is 10.1 Å². The summed E-state index contributed by atoms with van der Waals surface area (Å²) in [5, 5.41) is 4.55. The monoisotopic (exact) mass is 379 g/mol. The molecular weight excluding hydrogens is 365 g/mol. The van der Waals surface area contributed by atoms with E-state index in [2.05, 4.69) is 5.32 Å². The van der Waals surface area contributed by atoms with Crippen molar-refractivity contribution < 1.29 is 9.53 Å². The molecule has 0 radical (unpaired) electrons. The van der Waals surface area contributed by atoms with E-state index >= 15 is 0 Å². The fraction of sp³-hybridized carbons (Fsp3) is 0.167. The van der Waals surface area contributed by atoms with Gasteiger partial charge in [-0.05, 0) is 43.2 Å². The van der Waals surface area contributed by atoms with Crippen molar-refractivity contribution in [2.75, 3.05) is 12.4 Å². The maximum Gasteiger partial charge on any atom is 0.267 e. The Morgan fingerprint density at radius 1 is 1.12 bits per heavy atom. The van der Waals surface area contributed by atoms with E-state index in [1.807, 2.05) is 38.1 Å². The van der Waals surface area contributed by atoms with Crippen LogP contribution in [0.25, 0.3) is 10.1 Å². The molecule has 0 atom stereocenters. The summed E-state index contributed by atoms with van der Waals surface area (Å²) in [6.07, 6.45) is 0. The Balaban J connectivity index is 2.02. The Bertz CT molecular complexity index is 950. The molecule has 0 spiro atoms. The number of rotatable bonds is 3. The third kappa shape index (κ3) is 2.97. The highest BCUT2D eigenvalue weighted by Crippen LogP contribution is 2.43. The second-order valence-electron chi connectivity index (χ2n) is 5.48. The van der Waals surface area contributed by atoms with Crippen LogP contribution in [0.4, 0.5) is 5.69 Å². The maximum atomic E-state index is 12.7. The van der Waals surface area contributed by atoms with E-state index in [4.69, 9.17) is 27.9 Å². The number of hydrogen-bond donors (Lipinski definition) is 1. The quantitative estimate of drug-likeness (QED) is 0.598. The van der Waals surface area contributed by atoms with Crippen LogP contribution in [0.3, 0.4) is 0 Å². The fourth-order valence-electron chi connectivity index (χ4n) is 2.43. The lowest BCUT2D eigenvalue weighted by Gasteiger charge is -2.08. The first-order valence-electron chi connectivity index (χ1n) is 7.25. The van der Waals surface area contributed by atoms with Gasteiger partial charge in [-0.1, -0.05) is 35.3 Å². The van der Waals surface area contributed by atoms with E-state index in [-0.39, 0.29) is 5.91 Å². The average Bonchev–Trinajstić information content (AvgIpc) is 2.89. The van der Waals surface area contributed by atoms with Crippen LogP contribution in [0, 0.1) is 13.8 Å². The summed E-state index contributed by atoms with van der Waals surface area (Å²) in [7, 11) is 1.55. The average molecular weight is 380 g/mol. The maximum absolute atomic E-state index is 12.7. The predicted molar refractivity (Wildman–Crippen MR) is 102 cm³/mol. The number of aryl methyl sites for hydroxylation is 2. The van der Waals surface area contributed by atoms with Crippen molar-refractivity contribution in [1.82, 2.24) is 0 Å². The van der Waals surface area contributed by atoms with Gasteiger partial charge < -0.3 is 10.1 Å². The lowest BCUT2D eigenvalue weighted by molar-refractivity contribution is 0.103. The zero-order valence-electron chi connectivity index (χ0n) is 13.4. The van der Waals surface area contributed by atoms with Crippen LogP contribution in [-0.4, -0.2) is 13.0 Å². The Hall–Kier alpha value is -1.75. The number of ether oxygens (including phenoxy) is 1. The highest BCUT2D eigenvalue weighted by molar-refractivity contribution is 7.22. The molecule has 1 amide bonds. The zero-order chi connectivity index (χ0) is 17.4. The molecule has 3 aromatic rings. The summed E-state index contributed by atoms with van der Waals surface area (Å²) in [5.41, 5.74) is 2.84. The molecule has 3 rings (SSSR count). The van der Waals surface area contributed by atoms with Crippen LogP contribution in [0.5, 0.6) is 5.75 Å². The van der Waals surface area contributed by atoms with Crippen LogP contribution >= 0.6 is 34.5 Å². The second kappa shape index (κ2) is 6.63. The lowest BCUT2D eigenvalue weighted by Crippen LogP contribution is -2.11. The number of methoxy groups -OCH3 is 1. The van der Waals surface area contributed by atoms with Gasteiger partial charge in [-0.3, -0.25) is 4.79 Å². The highest BCUT2D eigenvalue weighted by atomic mass is 35.5. The third-order valence-electron chi connectivity index (χ3n) is 3.77. The van der Waals surface area contributed by atoms with Crippen molar-refractivity contribution in [2.45, 2.75) is 13.8 Å². The Morgan fingerprint density at radius 3 is 2.58 bits per heavy atom.